The molecule has 1 saturated heterocycles. The van der Waals surface area contributed by atoms with Gasteiger partial charge in [0.1, 0.15) is 4.90 Å². The summed E-state index contributed by atoms with van der Waals surface area (Å²) in [7, 11) is -8.30. The summed E-state index contributed by atoms with van der Waals surface area (Å²) in [4.78, 5) is 13.8. The lowest BCUT2D eigenvalue weighted by molar-refractivity contribution is -0.133. The maximum absolute atomic E-state index is 15.9. The summed E-state index contributed by atoms with van der Waals surface area (Å²) < 4.78 is 68.7. The SMILES string of the molecule is CS(=O)(=O)c1cc(N2CCCC(F)(NS(=O)(=O)c3cc(Cl)ccc3Cl)C2=O)ccc1-c1ccccc1. The molecule has 0 bridgehead atoms. The van der Waals surface area contributed by atoms with Crippen LogP contribution in [0.2, 0.25) is 10.0 Å². The molecule has 1 atom stereocenters. The van der Waals surface area contributed by atoms with Gasteiger partial charge >= 0.3 is 0 Å². The Morgan fingerprint density at radius 3 is 2.31 bits per heavy atom. The van der Waals surface area contributed by atoms with Crippen LogP contribution in [0.4, 0.5) is 10.1 Å². The van der Waals surface area contributed by atoms with Gasteiger partial charge < -0.3 is 4.90 Å². The number of piperidine rings is 1. The molecular formula is C24H21Cl2FN2O5S2. The second-order valence-electron chi connectivity index (χ2n) is 8.36. The monoisotopic (exact) mass is 570 g/mol. The molecule has 1 heterocycles. The maximum Gasteiger partial charge on any atom is 0.280 e. The number of carbonyl (C=O) groups excluding carboxylic acids is 1. The van der Waals surface area contributed by atoms with E-state index in [-0.39, 0.29) is 33.6 Å². The van der Waals surface area contributed by atoms with E-state index in [4.69, 9.17) is 23.2 Å². The fraction of sp³-hybridized carbons (Fsp3) is 0.208. The van der Waals surface area contributed by atoms with E-state index in [2.05, 4.69) is 0 Å². The van der Waals surface area contributed by atoms with E-state index in [9.17, 15) is 21.6 Å². The summed E-state index contributed by atoms with van der Waals surface area (Å²) in [6.07, 6.45) is 0.738. The zero-order valence-electron chi connectivity index (χ0n) is 18.9. The van der Waals surface area contributed by atoms with Crippen molar-refractivity contribution < 1.29 is 26.0 Å². The maximum atomic E-state index is 15.9. The van der Waals surface area contributed by atoms with E-state index in [1.165, 1.54) is 24.3 Å². The van der Waals surface area contributed by atoms with Gasteiger partial charge in [-0.25, -0.2) is 21.2 Å². The molecule has 4 rings (SSSR count). The molecule has 36 heavy (non-hydrogen) atoms. The molecule has 0 aliphatic carbocycles. The van der Waals surface area contributed by atoms with E-state index in [0.717, 1.165) is 17.2 Å². The number of amides is 1. The van der Waals surface area contributed by atoms with E-state index in [1.54, 1.807) is 36.4 Å². The second kappa shape index (κ2) is 9.75. The number of sulfonamides is 1. The molecule has 3 aromatic rings. The fourth-order valence-corrected chi connectivity index (χ4v) is 6.95. The van der Waals surface area contributed by atoms with E-state index in [1.807, 2.05) is 4.72 Å². The van der Waals surface area contributed by atoms with Gasteiger partial charge in [-0.05, 0) is 42.3 Å². The Kier molecular flexibility index (Phi) is 7.20. The Morgan fingerprint density at radius 2 is 1.64 bits per heavy atom. The molecule has 190 valence electrons. The van der Waals surface area contributed by atoms with Crippen LogP contribution in [0.5, 0.6) is 0 Å². The first kappa shape index (κ1) is 26.6. The summed E-state index contributed by atoms with van der Waals surface area (Å²) in [5, 5.41) is -0.124. The van der Waals surface area contributed by atoms with Gasteiger partial charge in [-0.2, -0.15) is 4.72 Å². The van der Waals surface area contributed by atoms with Crippen LogP contribution in [0.15, 0.2) is 76.5 Å². The molecule has 0 aromatic heterocycles. The highest BCUT2D eigenvalue weighted by atomic mass is 35.5. The molecule has 0 radical (unpaired) electrons. The third kappa shape index (κ3) is 5.28. The smallest absolute Gasteiger partial charge is 0.280 e. The van der Waals surface area contributed by atoms with Crippen molar-refractivity contribution in [2.75, 3.05) is 17.7 Å². The van der Waals surface area contributed by atoms with Gasteiger partial charge in [0, 0.05) is 35.5 Å². The fourth-order valence-electron chi connectivity index (χ4n) is 4.04. The van der Waals surface area contributed by atoms with Crippen LogP contribution in [-0.4, -0.2) is 41.3 Å². The van der Waals surface area contributed by atoms with Crippen molar-refractivity contribution in [2.24, 2.45) is 0 Å². The standard InChI is InChI=1S/C24H21Cl2FN2O5S2/c1-35(31,32)21-15-18(9-10-19(21)16-6-3-2-4-7-16)29-13-5-12-24(27,23(29)30)28-36(33,34)22-14-17(25)8-11-20(22)26/h2-4,6-11,14-15,28H,5,12-13H2,1H3. The van der Waals surface area contributed by atoms with Crippen LogP contribution in [0.3, 0.4) is 0 Å². The van der Waals surface area contributed by atoms with Gasteiger partial charge in [0.15, 0.2) is 9.84 Å². The summed E-state index contributed by atoms with van der Waals surface area (Å²) in [5.41, 5.74) is 1.20. The molecule has 0 saturated carbocycles. The highest BCUT2D eigenvalue weighted by Gasteiger charge is 2.48. The highest BCUT2D eigenvalue weighted by Crippen LogP contribution is 2.35. The van der Waals surface area contributed by atoms with E-state index >= 15 is 4.39 Å². The molecule has 0 spiro atoms. The number of halogens is 3. The highest BCUT2D eigenvalue weighted by molar-refractivity contribution is 7.91. The molecule has 1 fully saturated rings. The molecular weight excluding hydrogens is 550 g/mol. The number of alkyl halides is 1. The van der Waals surface area contributed by atoms with Crippen molar-refractivity contribution in [1.29, 1.82) is 0 Å². The number of hydrogen-bond acceptors (Lipinski definition) is 5. The first-order valence-electron chi connectivity index (χ1n) is 10.7. The Morgan fingerprint density at radius 1 is 0.944 bits per heavy atom. The van der Waals surface area contributed by atoms with Crippen LogP contribution < -0.4 is 9.62 Å². The minimum atomic E-state index is -4.57. The van der Waals surface area contributed by atoms with Gasteiger partial charge in [-0.1, -0.05) is 59.6 Å². The summed E-state index contributed by atoms with van der Waals surface area (Å²) in [5.74, 6) is -4.14. The summed E-state index contributed by atoms with van der Waals surface area (Å²) in [6, 6.07) is 16.8. The largest absolute Gasteiger partial charge is 0.308 e. The quantitative estimate of drug-likeness (QED) is 0.427. The number of carbonyl (C=O) groups is 1. The Hall–Kier alpha value is -2.50. The lowest BCUT2D eigenvalue weighted by Crippen LogP contribution is -2.60. The third-order valence-electron chi connectivity index (χ3n) is 5.73. The topological polar surface area (TPSA) is 101 Å². The van der Waals surface area contributed by atoms with Crippen LogP contribution in [0.1, 0.15) is 12.8 Å². The van der Waals surface area contributed by atoms with Crippen molar-refractivity contribution >= 4 is 54.7 Å². The minimum Gasteiger partial charge on any atom is -0.308 e. The average Bonchev–Trinajstić information content (AvgIpc) is 2.82. The number of nitrogens with one attached hydrogen (secondary N) is 1. The zero-order valence-corrected chi connectivity index (χ0v) is 22.1. The molecule has 7 nitrogen and oxygen atoms in total. The number of hydrogen-bond donors (Lipinski definition) is 1. The molecule has 12 heteroatoms. The van der Waals surface area contributed by atoms with Gasteiger partial charge in [0.2, 0.25) is 10.0 Å². The molecule has 1 amide bonds. The lowest BCUT2D eigenvalue weighted by Gasteiger charge is -2.36. The normalized spacial score (nSPS) is 18.9. The van der Waals surface area contributed by atoms with Gasteiger partial charge in [0.05, 0.1) is 9.92 Å². The molecule has 1 aliphatic heterocycles. The average molecular weight is 571 g/mol. The number of sulfone groups is 1. The second-order valence-corrected chi connectivity index (χ2v) is 12.8. The van der Waals surface area contributed by atoms with Crippen LogP contribution in [0, 0.1) is 0 Å². The number of rotatable bonds is 6. The van der Waals surface area contributed by atoms with Gasteiger partial charge in [-0.15, -0.1) is 0 Å². The summed E-state index contributed by atoms with van der Waals surface area (Å²) >= 11 is 11.8. The third-order valence-corrected chi connectivity index (χ3v) is 9.05. The predicted octanol–water partition coefficient (Wildman–Crippen LogP) is 4.84. The first-order chi connectivity index (χ1) is 16.8. The number of anilines is 1. The van der Waals surface area contributed by atoms with Crippen LogP contribution in [0.25, 0.3) is 11.1 Å². The first-order valence-corrected chi connectivity index (χ1v) is 14.8. The van der Waals surface area contributed by atoms with Crippen LogP contribution >= 0.6 is 23.2 Å². The van der Waals surface area contributed by atoms with Crippen molar-refractivity contribution in [1.82, 2.24) is 4.72 Å². The van der Waals surface area contributed by atoms with Crippen molar-refractivity contribution in [3.8, 4) is 11.1 Å². The van der Waals surface area contributed by atoms with E-state index < -0.39 is 42.9 Å². The molecule has 1 aliphatic rings. The molecule has 3 aromatic carbocycles. The zero-order chi connectivity index (χ0) is 26.3. The van der Waals surface area contributed by atoms with Gasteiger partial charge in [-0.3, -0.25) is 4.79 Å². The Bertz CT molecular complexity index is 1550. The van der Waals surface area contributed by atoms with Crippen molar-refractivity contribution in [2.45, 2.75) is 28.4 Å². The minimum absolute atomic E-state index is 0.0414. The molecule has 1 N–H and O–H groups in total. The predicted molar refractivity (Wildman–Crippen MR) is 137 cm³/mol. The van der Waals surface area contributed by atoms with Crippen molar-refractivity contribution in [3.63, 3.8) is 0 Å². The lowest BCUT2D eigenvalue weighted by atomic mass is 10.0. The summed E-state index contributed by atoms with van der Waals surface area (Å²) in [6.45, 7) is 0.0675. The Balaban J connectivity index is 1.71. The van der Waals surface area contributed by atoms with E-state index in [0.29, 0.717) is 11.1 Å². The number of nitrogens with zero attached hydrogens (tertiary/aromatic N) is 1. The van der Waals surface area contributed by atoms with Crippen molar-refractivity contribution in [3.05, 3.63) is 76.8 Å². The number of benzene rings is 3. The Labute approximate surface area is 218 Å². The molecule has 1 unspecified atom stereocenters. The van der Waals surface area contributed by atoms with Gasteiger partial charge in [0.25, 0.3) is 11.7 Å². The van der Waals surface area contributed by atoms with Crippen LogP contribution in [-0.2, 0) is 24.7 Å².